The quantitative estimate of drug-likeness (QED) is 0.639. The van der Waals surface area contributed by atoms with Crippen molar-refractivity contribution in [1.29, 1.82) is 0 Å². The Hall–Kier alpha value is -0.160. The van der Waals surface area contributed by atoms with Crippen LogP contribution in [0.15, 0.2) is 0 Å². The van der Waals surface area contributed by atoms with Gasteiger partial charge >= 0.3 is 0 Å². The van der Waals surface area contributed by atoms with Gasteiger partial charge in [-0.25, -0.2) is 0 Å². The van der Waals surface area contributed by atoms with Gasteiger partial charge in [-0.05, 0) is 20.3 Å². The fraction of sp³-hybridized carbons (Fsp3) is 1.00. The molecule has 0 aromatic carbocycles. The molecule has 2 aliphatic heterocycles. The smallest absolute Gasteiger partial charge is 0.163 e. The highest BCUT2D eigenvalue weighted by Gasteiger charge is 2.46. The molecule has 2 saturated heterocycles. The summed E-state index contributed by atoms with van der Waals surface area (Å²) in [6.07, 6.45) is 1.09. The van der Waals surface area contributed by atoms with Crippen LogP contribution in [0.4, 0.5) is 0 Å². The van der Waals surface area contributed by atoms with E-state index in [2.05, 4.69) is 0 Å². The van der Waals surface area contributed by atoms with Gasteiger partial charge in [0, 0.05) is 13.2 Å². The molecule has 0 amide bonds. The third-order valence-electron chi connectivity index (χ3n) is 2.55. The minimum absolute atomic E-state index is 0.000486. The van der Waals surface area contributed by atoms with E-state index < -0.39 is 5.79 Å². The Morgan fingerprint density at radius 2 is 2.15 bits per heavy atom. The molecule has 2 N–H and O–H groups in total. The Balaban J connectivity index is 2.08. The predicted molar refractivity (Wildman–Crippen MR) is 47.2 cm³/mol. The first-order chi connectivity index (χ1) is 6.12. The van der Waals surface area contributed by atoms with E-state index in [1.54, 1.807) is 0 Å². The van der Waals surface area contributed by atoms with Crippen molar-refractivity contribution in [3.63, 3.8) is 0 Å². The van der Waals surface area contributed by atoms with Crippen molar-refractivity contribution in [3.05, 3.63) is 0 Å². The third kappa shape index (κ3) is 1.72. The topological polar surface area (TPSA) is 53.7 Å². The fourth-order valence-corrected chi connectivity index (χ4v) is 2.03. The van der Waals surface area contributed by atoms with Crippen LogP contribution < -0.4 is 5.73 Å². The molecular weight excluding hydrogens is 170 g/mol. The monoisotopic (exact) mass is 187 g/mol. The van der Waals surface area contributed by atoms with Crippen LogP contribution in [0.5, 0.6) is 0 Å². The minimum Gasteiger partial charge on any atom is -0.374 e. The summed E-state index contributed by atoms with van der Waals surface area (Å²) >= 11 is 0. The molecule has 2 heterocycles. The molecule has 0 aromatic rings. The highest BCUT2D eigenvalue weighted by atomic mass is 16.8. The molecule has 76 valence electrons. The van der Waals surface area contributed by atoms with E-state index in [-0.39, 0.29) is 18.3 Å². The molecule has 2 aliphatic rings. The average molecular weight is 187 g/mol. The number of hydrogen-bond acceptors (Lipinski definition) is 4. The molecule has 0 saturated carbocycles. The predicted octanol–water partition coefficient (Wildman–Crippen LogP) is 0.254. The van der Waals surface area contributed by atoms with Gasteiger partial charge in [-0.3, -0.25) is 0 Å². The summed E-state index contributed by atoms with van der Waals surface area (Å²) in [5.74, 6) is -0.476. The van der Waals surface area contributed by atoms with Gasteiger partial charge in [0.15, 0.2) is 5.79 Å². The summed E-state index contributed by atoms with van der Waals surface area (Å²) in [6, 6.07) is 0. The van der Waals surface area contributed by atoms with E-state index in [1.807, 2.05) is 13.8 Å². The molecule has 2 rings (SSSR count). The Morgan fingerprint density at radius 3 is 2.85 bits per heavy atom. The molecule has 4 heteroatoms. The van der Waals surface area contributed by atoms with E-state index in [0.29, 0.717) is 6.54 Å². The lowest BCUT2D eigenvalue weighted by Crippen LogP contribution is -2.46. The maximum atomic E-state index is 5.73. The van der Waals surface area contributed by atoms with E-state index >= 15 is 0 Å². The van der Waals surface area contributed by atoms with Gasteiger partial charge < -0.3 is 19.9 Å². The van der Waals surface area contributed by atoms with Crippen LogP contribution in [0, 0.1) is 0 Å². The molecule has 0 bridgehead atoms. The largest absolute Gasteiger partial charge is 0.374 e. The molecule has 0 spiro atoms. The molecule has 13 heavy (non-hydrogen) atoms. The molecule has 4 nitrogen and oxygen atoms in total. The van der Waals surface area contributed by atoms with Crippen molar-refractivity contribution in [2.24, 2.45) is 5.73 Å². The normalized spacial score (nSPS) is 43.2. The van der Waals surface area contributed by atoms with Crippen LogP contribution in [0.25, 0.3) is 0 Å². The van der Waals surface area contributed by atoms with Gasteiger partial charge in [0.05, 0.1) is 12.2 Å². The summed E-state index contributed by atoms with van der Waals surface area (Å²) in [5.41, 5.74) is 5.59. The Bertz CT molecular complexity index is 195. The second kappa shape index (κ2) is 3.20. The summed E-state index contributed by atoms with van der Waals surface area (Å²) in [6.45, 7) is 5.08. The minimum atomic E-state index is -0.476. The van der Waals surface area contributed by atoms with Crippen molar-refractivity contribution >= 4 is 0 Å². The highest BCUT2D eigenvalue weighted by molar-refractivity contribution is 4.90. The Morgan fingerprint density at radius 1 is 1.38 bits per heavy atom. The number of rotatable bonds is 1. The van der Waals surface area contributed by atoms with Gasteiger partial charge in [0.2, 0.25) is 0 Å². The number of fused-ring (bicyclic) bond motifs is 1. The highest BCUT2D eigenvalue weighted by Crippen LogP contribution is 2.34. The average Bonchev–Trinajstić information content (AvgIpc) is 2.37. The zero-order valence-corrected chi connectivity index (χ0v) is 8.16. The van der Waals surface area contributed by atoms with Crippen molar-refractivity contribution in [2.75, 3.05) is 13.2 Å². The van der Waals surface area contributed by atoms with E-state index in [0.717, 1.165) is 13.0 Å². The first-order valence-corrected chi connectivity index (χ1v) is 4.80. The summed E-state index contributed by atoms with van der Waals surface area (Å²) in [4.78, 5) is 0. The zero-order valence-electron chi connectivity index (χ0n) is 8.16. The van der Waals surface area contributed by atoms with Crippen LogP contribution in [0.3, 0.4) is 0 Å². The van der Waals surface area contributed by atoms with Crippen LogP contribution >= 0.6 is 0 Å². The number of nitrogens with two attached hydrogens (primary N) is 1. The molecule has 2 fully saturated rings. The third-order valence-corrected chi connectivity index (χ3v) is 2.55. The second-order valence-electron chi connectivity index (χ2n) is 4.07. The summed E-state index contributed by atoms with van der Waals surface area (Å²) < 4.78 is 17.0. The van der Waals surface area contributed by atoms with Crippen LogP contribution in [0.1, 0.15) is 20.3 Å². The van der Waals surface area contributed by atoms with Gasteiger partial charge in [0.25, 0.3) is 0 Å². The van der Waals surface area contributed by atoms with Crippen LogP contribution in [-0.4, -0.2) is 37.3 Å². The molecule has 3 atom stereocenters. The lowest BCUT2D eigenvalue weighted by Gasteiger charge is -2.30. The maximum absolute atomic E-state index is 5.73. The van der Waals surface area contributed by atoms with E-state index in [1.165, 1.54) is 0 Å². The number of ether oxygens (including phenoxy) is 3. The summed E-state index contributed by atoms with van der Waals surface area (Å²) in [5, 5.41) is 0. The van der Waals surface area contributed by atoms with Crippen molar-refractivity contribution < 1.29 is 14.2 Å². The van der Waals surface area contributed by atoms with Gasteiger partial charge in [-0.15, -0.1) is 0 Å². The molecule has 0 radical (unpaired) electrons. The van der Waals surface area contributed by atoms with E-state index in [9.17, 15) is 0 Å². The van der Waals surface area contributed by atoms with Crippen LogP contribution in [0.2, 0.25) is 0 Å². The van der Waals surface area contributed by atoms with Crippen molar-refractivity contribution in [2.45, 2.75) is 44.4 Å². The lowest BCUT2D eigenvalue weighted by atomic mass is 10.0. The SMILES string of the molecule is CC1(C)O[C@H]2[C@@H](CN)OCC[C@H]2O1. The Labute approximate surface area is 78.3 Å². The lowest BCUT2D eigenvalue weighted by molar-refractivity contribution is -0.152. The standard InChI is InChI=1S/C9H17NO3/c1-9(2)12-6-3-4-11-7(5-10)8(6)13-9/h6-8H,3-5,10H2,1-2H3/t6-,7-,8-/m1/s1. The first-order valence-electron chi connectivity index (χ1n) is 4.80. The zero-order chi connectivity index (χ0) is 9.47. The van der Waals surface area contributed by atoms with Gasteiger partial charge in [0.1, 0.15) is 6.10 Å². The van der Waals surface area contributed by atoms with Gasteiger partial charge in [-0.2, -0.15) is 0 Å². The van der Waals surface area contributed by atoms with Crippen molar-refractivity contribution in [3.8, 4) is 0 Å². The van der Waals surface area contributed by atoms with Crippen molar-refractivity contribution in [1.82, 2.24) is 0 Å². The maximum Gasteiger partial charge on any atom is 0.163 e. The molecular formula is C9H17NO3. The van der Waals surface area contributed by atoms with E-state index in [4.69, 9.17) is 19.9 Å². The second-order valence-corrected chi connectivity index (χ2v) is 4.07. The fourth-order valence-electron chi connectivity index (χ4n) is 2.03. The summed E-state index contributed by atoms with van der Waals surface area (Å²) in [7, 11) is 0. The molecule has 0 unspecified atom stereocenters. The van der Waals surface area contributed by atoms with Crippen LogP contribution in [-0.2, 0) is 14.2 Å². The van der Waals surface area contributed by atoms with Gasteiger partial charge in [-0.1, -0.05) is 0 Å². The Kier molecular flexibility index (Phi) is 2.32. The first kappa shape index (κ1) is 9.40. The molecule has 0 aliphatic carbocycles. The number of hydrogen-bond donors (Lipinski definition) is 1. The molecule has 0 aromatic heterocycles.